The average molecular weight is 215 g/mol. The molecule has 5 heteroatoms. The molecule has 0 saturated carbocycles. The van der Waals surface area contributed by atoms with Crippen LogP contribution in [0.2, 0.25) is 10.3 Å². The van der Waals surface area contributed by atoms with Gasteiger partial charge in [-0.2, -0.15) is 0 Å². The monoisotopic (exact) mass is 214 g/mol. The molecule has 2 aromatic heterocycles. The number of hydrogen-bond acceptors (Lipinski definition) is 3. The summed E-state index contributed by atoms with van der Waals surface area (Å²) in [6, 6.07) is 3.23. The molecule has 0 saturated heterocycles. The molecule has 0 unspecified atom stereocenters. The van der Waals surface area contributed by atoms with Crippen LogP contribution in [0.1, 0.15) is 0 Å². The zero-order valence-corrected chi connectivity index (χ0v) is 7.84. The summed E-state index contributed by atoms with van der Waals surface area (Å²) in [5, 5.41) is 10.5. The van der Waals surface area contributed by atoms with Gasteiger partial charge in [0, 0.05) is 5.39 Å². The Bertz CT molecular complexity index is 473. The smallest absolute Gasteiger partial charge is 0.155 e. The van der Waals surface area contributed by atoms with E-state index in [2.05, 4.69) is 9.97 Å². The Morgan fingerprint density at radius 2 is 2.00 bits per heavy atom. The normalized spacial score (nSPS) is 10.6. The van der Waals surface area contributed by atoms with Gasteiger partial charge < -0.3 is 5.11 Å². The van der Waals surface area contributed by atoms with Crippen molar-refractivity contribution in [1.29, 1.82) is 0 Å². The maximum Gasteiger partial charge on any atom is 0.155 e. The van der Waals surface area contributed by atoms with E-state index < -0.39 is 0 Å². The van der Waals surface area contributed by atoms with Gasteiger partial charge in [-0.25, -0.2) is 9.97 Å². The number of nitrogens with zero attached hydrogens (tertiary/aromatic N) is 2. The highest BCUT2D eigenvalue weighted by atomic mass is 35.5. The third-order valence-corrected chi connectivity index (χ3v) is 2.12. The predicted molar refractivity (Wildman–Crippen MR) is 51.2 cm³/mol. The third kappa shape index (κ3) is 1.41. The summed E-state index contributed by atoms with van der Waals surface area (Å²) >= 11 is 11.4. The SMILES string of the molecule is Oc1cnc(Cl)c2nc(Cl)ccc12. The first-order valence-corrected chi connectivity index (χ1v) is 4.24. The second-order valence-electron chi connectivity index (χ2n) is 2.46. The number of aromatic nitrogens is 2. The number of aromatic hydroxyl groups is 1. The first-order valence-electron chi connectivity index (χ1n) is 3.48. The third-order valence-electron chi connectivity index (χ3n) is 1.63. The quantitative estimate of drug-likeness (QED) is 0.687. The van der Waals surface area contributed by atoms with Crippen molar-refractivity contribution in [2.75, 3.05) is 0 Å². The maximum absolute atomic E-state index is 9.38. The summed E-state index contributed by atoms with van der Waals surface area (Å²) in [5.41, 5.74) is 0.411. The minimum absolute atomic E-state index is 0.0450. The van der Waals surface area contributed by atoms with Crippen molar-refractivity contribution in [2.45, 2.75) is 0 Å². The molecule has 2 rings (SSSR count). The molecule has 0 fully saturated rings. The van der Waals surface area contributed by atoms with Crippen LogP contribution in [-0.2, 0) is 0 Å². The van der Waals surface area contributed by atoms with Crippen molar-refractivity contribution >= 4 is 34.1 Å². The van der Waals surface area contributed by atoms with Crippen molar-refractivity contribution in [3.05, 3.63) is 28.6 Å². The molecule has 0 aromatic carbocycles. The molecular weight excluding hydrogens is 211 g/mol. The summed E-state index contributed by atoms with van der Waals surface area (Å²) in [7, 11) is 0. The first kappa shape index (κ1) is 8.53. The van der Waals surface area contributed by atoms with Crippen LogP contribution in [0.4, 0.5) is 0 Å². The topological polar surface area (TPSA) is 46.0 Å². The molecule has 3 nitrogen and oxygen atoms in total. The highest BCUT2D eigenvalue weighted by molar-refractivity contribution is 6.34. The van der Waals surface area contributed by atoms with E-state index in [4.69, 9.17) is 23.2 Å². The lowest BCUT2D eigenvalue weighted by Gasteiger charge is -2.00. The van der Waals surface area contributed by atoms with Crippen LogP contribution in [-0.4, -0.2) is 15.1 Å². The molecule has 0 bridgehead atoms. The minimum Gasteiger partial charge on any atom is -0.506 e. The van der Waals surface area contributed by atoms with Gasteiger partial charge in [0.25, 0.3) is 0 Å². The molecule has 2 aromatic rings. The Morgan fingerprint density at radius 3 is 2.77 bits per heavy atom. The maximum atomic E-state index is 9.38. The molecule has 66 valence electrons. The van der Waals surface area contributed by atoms with Gasteiger partial charge in [0.2, 0.25) is 0 Å². The molecule has 0 aliphatic carbocycles. The molecule has 0 aliphatic heterocycles. The summed E-state index contributed by atoms with van der Waals surface area (Å²) in [6.45, 7) is 0. The fraction of sp³-hybridized carbons (Fsp3) is 0. The molecule has 0 amide bonds. The molecular formula is C8H4Cl2N2O. The Morgan fingerprint density at radius 1 is 1.23 bits per heavy atom. The summed E-state index contributed by atoms with van der Waals surface area (Å²) < 4.78 is 0. The molecule has 0 atom stereocenters. The highest BCUT2D eigenvalue weighted by Gasteiger charge is 2.06. The molecule has 13 heavy (non-hydrogen) atoms. The Balaban J connectivity index is 2.92. The van der Waals surface area contributed by atoms with E-state index in [0.717, 1.165) is 0 Å². The van der Waals surface area contributed by atoms with Gasteiger partial charge in [-0.15, -0.1) is 0 Å². The van der Waals surface area contributed by atoms with Gasteiger partial charge >= 0.3 is 0 Å². The average Bonchev–Trinajstić information content (AvgIpc) is 2.12. The van der Waals surface area contributed by atoms with Gasteiger partial charge in [-0.05, 0) is 12.1 Å². The fourth-order valence-corrected chi connectivity index (χ4v) is 1.39. The summed E-state index contributed by atoms with van der Waals surface area (Å²) in [5.74, 6) is 0.0450. The molecule has 0 spiro atoms. The predicted octanol–water partition coefficient (Wildman–Crippen LogP) is 2.64. The van der Waals surface area contributed by atoms with E-state index in [1.54, 1.807) is 12.1 Å². The Labute approximate surface area is 84.0 Å². The number of halogens is 2. The van der Waals surface area contributed by atoms with Crippen molar-refractivity contribution in [3.8, 4) is 5.75 Å². The Hall–Kier alpha value is -1.06. The zero-order chi connectivity index (χ0) is 9.42. The van der Waals surface area contributed by atoms with Gasteiger partial charge in [0.05, 0.1) is 6.20 Å². The van der Waals surface area contributed by atoms with Gasteiger partial charge in [-0.3, -0.25) is 0 Å². The van der Waals surface area contributed by atoms with Crippen LogP contribution in [0.3, 0.4) is 0 Å². The largest absolute Gasteiger partial charge is 0.506 e. The second-order valence-corrected chi connectivity index (χ2v) is 3.21. The summed E-state index contributed by atoms with van der Waals surface area (Å²) in [4.78, 5) is 7.69. The number of fused-ring (bicyclic) bond motifs is 1. The molecule has 1 N–H and O–H groups in total. The standard InChI is InChI=1S/C8H4Cl2N2O/c9-6-2-1-4-5(13)3-11-8(10)7(4)12-6/h1-3,13H. The van der Waals surface area contributed by atoms with Crippen LogP contribution in [0.5, 0.6) is 5.75 Å². The van der Waals surface area contributed by atoms with Crippen molar-refractivity contribution in [2.24, 2.45) is 0 Å². The van der Waals surface area contributed by atoms with E-state index in [-0.39, 0.29) is 10.9 Å². The van der Waals surface area contributed by atoms with Crippen molar-refractivity contribution in [3.63, 3.8) is 0 Å². The van der Waals surface area contributed by atoms with Gasteiger partial charge in [-0.1, -0.05) is 23.2 Å². The van der Waals surface area contributed by atoms with E-state index in [9.17, 15) is 5.11 Å². The van der Waals surface area contributed by atoms with E-state index in [1.807, 2.05) is 0 Å². The fourth-order valence-electron chi connectivity index (χ4n) is 1.05. The van der Waals surface area contributed by atoms with E-state index in [1.165, 1.54) is 6.20 Å². The lowest BCUT2D eigenvalue weighted by molar-refractivity contribution is 0.479. The zero-order valence-electron chi connectivity index (χ0n) is 6.33. The van der Waals surface area contributed by atoms with Crippen LogP contribution in [0.15, 0.2) is 18.3 Å². The lowest BCUT2D eigenvalue weighted by atomic mass is 10.2. The van der Waals surface area contributed by atoms with Crippen molar-refractivity contribution in [1.82, 2.24) is 9.97 Å². The molecule has 0 aliphatic rings. The number of hydrogen-bond donors (Lipinski definition) is 1. The Kier molecular flexibility index (Phi) is 1.98. The molecule has 2 heterocycles. The van der Waals surface area contributed by atoms with Crippen molar-refractivity contribution < 1.29 is 5.11 Å². The first-order chi connectivity index (χ1) is 6.18. The van der Waals surface area contributed by atoms with Crippen LogP contribution in [0, 0.1) is 0 Å². The van der Waals surface area contributed by atoms with Gasteiger partial charge in [0.15, 0.2) is 5.15 Å². The second kappa shape index (κ2) is 3.01. The van der Waals surface area contributed by atoms with E-state index in [0.29, 0.717) is 16.1 Å². The lowest BCUT2D eigenvalue weighted by Crippen LogP contribution is -1.84. The van der Waals surface area contributed by atoms with Crippen LogP contribution >= 0.6 is 23.2 Å². The summed E-state index contributed by atoms with van der Waals surface area (Å²) in [6.07, 6.45) is 1.28. The molecule has 0 radical (unpaired) electrons. The van der Waals surface area contributed by atoms with Crippen LogP contribution < -0.4 is 0 Å². The number of rotatable bonds is 0. The number of pyridine rings is 2. The van der Waals surface area contributed by atoms with E-state index >= 15 is 0 Å². The van der Waals surface area contributed by atoms with Crippen LogP contribution in [0.25, 0.3) is 10.9 Å². The highest BCUT2D eigenvalue weighted by Crippen LogP contribution is 2.27. The van der Waals surface area contributed by atoms with Gasteiger partial charge in [0.1, 0.15) is 16.4 Å². The minimum atomic E-state index is 0.0450.